The zero-order chi connectivity index (χ0) is 15.7. The minimum absolute atomic E-state index is 0.0401. The molecule has 1 aromatic carbocycles. The summed E-state index contributed by atoms with van der Waals surface area (Å²) in [6.45, 7) is 5.19. The minimum Gasteiger partial charge on any atom is -0.370 e. The highest BCUT2D eigenvalue weighted by Crippen LogP contribution is 2.25. The first-order valence-corrected chi connectivity index (χ1v) is 7.95. The lowest BCUT2D eigenvalue weighted by Crippen LogP contribution is -2.42. The molecule has 1 saturated heterocycles. The van der Waals surface area contributed by atoms with Crippen LogP contribution in [0.2, 0.25) is 0 Å². The lowest BCUT2D eigenvalue weighted by molar-refractivity contribution is -0.0229. The normalized spacial score (nSPS) is 18.5. The molecule has 1 amide bonds. The summed E-state index contributed by atoms with van der Waals surface area (Å²) in [7, 11) is 0. The van der Waals surface area contributed by atoms with Crippen LogP contribution in [-0.2, 0) is 4.74 Å². The molecular formula is C16H17BrN2O3. The number of amides is 1. The number of benzene rings is 1. The summed E-state index contributed by atoms with van der Waals surface area (Å²) in [6.07, 6.45) is -0.105. The van der Waals surface area contributed by atoms with Crippen molar-refractivity contribution in [3.05, 3.63) is 51.3 Å². The largest absolute Gasteiger partial charge is 0.370 e. The summed E-state index contributed by atoms with van der Waals surface area (Å²) in [6, 6.07) is 7.98. The van der Waals surface area contributed by atoms with Gasteiger partial charge in [-0.2, -0.15) is 0 Å². The van der Waals surface area contributed by atoms with E-state index in [4.69, 9.17) is 9.26 Å². The topological polar surface area (TPSA) is 55.6 Å². The van der Waals surface area contributed by atoms with E-state index in [9.17, 15) is 4.79 Å². The maximum absolute atomic E-state index is 12.7. The maximum atomic E-state index is 12.7. The molecule has 3 rings (SSSR count). The van der Waals surface area contributed by atoms with Crippen LogP contribution in [0.4, 0.5) is 0 Å². The Morgan fingerprint density at radius 2 is 2.05 bits per heavy atom. The van der Waals surface area contributed by atoms with Crippen molar-refractivity contribution in [3.63, 3.8) is 0 Å². The van der Waals surface area contributed by atoms with Gasteiger partial charge in [-0.25, -0.2) is 0 Å². The molecule has 116 valence electrons. The van der Waals surface area contributed by atoms with E-state index in [1.54, 1.807) is 13.8 Å². The number of aryl methyl sites for hydroxylation is 2. The Labute approximate surface area is 137 Å². The molecule has 0 N–H and O–H groups in total. The molecule has 6 heteroatoms. The highest BCUT2D eigenvalue weighted by atomic mass is 79.9. The second-order valence-electron chi connectivity index (χ2n) is 5.36. The molecule has 1 aliphatic rings. The summed E-state index contributed by atoms with van der Waals surface area (Å²) in [5.41, 5.74) is 2.27. The molecule has 0 saturated carbocycles. The monoisotopic (exact) mass is 364 g/mol. The number of morpholine rings is 1. The molecule has 0 unspecified atom stereocenters. The molecule has 1 aliphatic heterocycles. The van der Waals surface area contributed by atoms with Crippen LogP contribution in [0.3, 0.4) is 0 Å². The standard InChI is InChI=1S/C16H17BrN2O3/c1-10-15(11(2)22-18-10)16(20)19-7-8-21-14(9-19)12-3-5-13(17)6-4-12/h3-6,14H,7-9H2,1-2H3/t14-/m1/s1. The van der Waals surface area contributed by atoms with Crippen molar-refractivity contribution < 1.29 is 14.1 Å². The fraction of sp³-hybridized carbons (Fsp3) is 0.375. The molecule has 1 atom stereocenters. The van der Waals surface area contributed by atoms with Gasteiger partial charge < -0.3 is 14.2 Å². The van der Waals surface area contributed by atoms with Gasteiger partial charge in [0.05, 0.1) is 18.8 Å². The first-order valence-electron chi connectivity index (χ1n) is 7.15. The van der Waals surface area contributed by atoms with Gasteiger partial charge in [-0.3, -0.25) is 4.79 Å². The van der Waals surface area contributed by atoms with Crippen LogP contribution in [0.1, 0.15) is 33.5 Å². The molecule has 2 heterocycles. The highest BCUT2D eigenvalue weighted by Gasteiger charge is 2.29. The van der Waals surface area contributed by atoms with E-state index in [1.807, 2.05) is 29.2 Å². The minimum atomic E-state index is -0.105. The van der Waals surface area contributed by atoms with Gasteiger partial charge >= 0.3 is 0 Å². The smallest absolute Gasteiger partial charge is 0.259 e. The number of carbonyl (C=O) groups excluding carboxylic acids is 1. The third-order valence-corrected chi connectivity index (χ3v) is 4.37. The van der Waals surface area contributed by atoms with Crippen LogP contribution < -0.4 is 0 Å². The van der Waals surface area contributed by atoms with Crippen molar-refractivity contribution in [1.29, 1.82) is 0 Å². The highest BCUT2D eigenvalue weighted by molar-refractivity contribution is 9.10. The van der Waals surface area contributed by atoms with Crippen molar-refractivity contribution in [1.82, 2.24) is 10.1 Å². The van der Waals surface area contributed by atoms with E-state index >= 15 is 0 Å². The van der Waals surface area contributed by atoms with Crippen LogP contribution in [-0.4, -0.2) is 35.7 Å². The molecule has 0 radical (unpaired) electrons. The van der Waals surface area contributed by atoms with E-state index in [2.05, 4.69) is 21.1 Å². The molecule has 2 aromatic rings. The Hall–Kier alpha value is -1.66. The fourth-order valence-electron chi connectivity index (χ4n) is 2.66. The van der Waals surface area contributed by atoms with Gasteiger partial charge in [0.25, 0.3) is 5.91 Å². The fourth-order valence-corrected chi connectivity index (χ4v) is 2.92. The van der Waals surface area contributed by atoms with Crippen molar-refractivity contribution >= 4 is 21.8 Å². The first kappa shape index (κ1) is 15.2. The molecule has 0 aliphatic carbocycles. The Morgan fingerprint density at radius 1 is 1.32 bits per heavy atom. The summed E-state index contributed by atoms with van der Waals surface area (Å²) >= 11 is 3.42. The molecule has 0 spiro atoms. The third kappa shape index (κ3) is 2.94. The van der Waals surface area contributed by atoms with Crippen LogP contribution in [0.15, 0.2) is 33.3 Å². The predicted octanol–water partition coefficient (Wildman–Crippen LogP) is 3.27. The lowest BCUT2D eigenvalue weighted by atomic mass is 10.1. The van der Waals surface area contributed by atoms with E-state index in [0.717, 1.165) is 10.0 Å². The average Bonchev–Trinajstić information content (AvgIpc) is 2.86. The first-order chi connectivity index (χ1) is 10.6. The van der Waals surface area contributed by atoms with Gasteiger partial charge in [0.15, 0.2) is 0 Å². The Balaban J connectivity index is 1.78. The van der Waals surface area contributed by atoms with Crippen LogP contribution >= 0.6 is 15.9 Å². The average molecular weight is 365 g/mol. The lowest BCUT2D eigenvalue weighted by Gasteiger charge is -2.33. The number of halogens is 1. The molecule has 22 heavy (non-hydrogen) atoms. The van der Waals surface area contributed by atoms with Gasteiger partial charge in [0.2, 0.25) is 0 Å². The molecule has 5 nitrogen and oxygen atoms in total. The summed E-state index contributed by atoms with van der Waals surface area (Å²) in [5.74, 6) is 0.524. The second kappa shape index (κ2) is 6.22. The molecule has 0 bridgehead atoms. The number of hydrogen-bond acceptors (Lipinski definition) is 4. The van der Waals surface area contributed by atoms with E-state index in [-0.39, 0.29) is 12.0 Å². The van der Waals surface area contributed by atoms with E-state index in [1.165, 1.54) is 0 Å². The van der Waals surface area contributed by atoms with E-state index in [0.29, 0.717) is 36.7 Å². The summed E-state index contributed by atoms with van der Waals surface area (Å²) in [5, 5.41) is 3.86. The number of rotatable bonds is 2. The van der Waals surface area contributed by atoms with Gasteiger partial charge in [-0.1, -0.05) is 33.2 Å². The van der Waals surface area contributed by atoms with E-state index < -0.39 is 0 Å². The molecule has 1 aromatic heterocycles. The summed E-state index contributed by atoms with van der Waals surface area (Å²) < 4.78 is 11.9. The maximum Gasteiger partial charge on any atom is 0.259 e. The summed E-state index contributed by atoms with van der Waals surface area (Å²) in [4.78, 5) is 14.5. The Bertz CT molecular complexity index is 662. The number of nitrogens with zero attached hydrogens (tertiary/aromatic N) is 2. The number of aromatic nitrogens is 1. The van der Waals surface area contributed by atoms with Crippen LogP contribution in [0.25, 0.3) is 0 Å². The van der Waals surface area contributed by atoms with Gasteiger partial charge in [-0.15, -0.1) is 0 Å². The molecule has 1 fully saturated rings. The van der Waals surface area contributed by atoms with Gasteiger partial charge in [0, 0.05) is 11.0 Å². The van der Waals surface area contributed by atoms with Crippen LogP contribution in [0, 0.1) is 13.8 Å². The van der Waals surface area contributed by atoms with Crippen molar-refractivity contribution in [3.8, 4) is 0 Å². The number of hydrogen-bond donors (Lipinski definition) is 0. The SMILES string of the molecule is Cc1noc(C)c1C(=O)N1CCO[C@@H](c2ccc(Br)cc2)C1. The zero-order valence-corrected chi connectivity index (χ0v) is 14.1. The van der Waals surface area contributed by atoms with Crippen molar-refractivity contribution in [2.45, 2.75) is 20.0 Å². The zero-order valence-electron chi connectivity index (χ0n) is 12.5. The van der Waals surface area contributed by atoms with Gasteiger partial charge in [0.1, 0.15) is 17.4 Å². The quantitative estimate of drug-likeness (QED) is 0.820. The predicted molar refractivity (Wildman–Crippen MR) is 84.7 cm³/mol. The Morgan fingerprint density at radius 3 is 2.68 bits per heavy atom. The van der Waals surface area contributed by atoms with Crippen molar-refractivity contribution in [2.75, 3.05) is 19.7 Å². The van der Waals surface area contributed by atoms with Crippen LogP contribution in [0.5, 0.6) is 0 Å². The van der Waals surface area contributed by atoms with Crippen molar-refractivity contribution in [2.24, 2.45) is 0 Å². The Kier molecular flexibility index (Phi) is 4.31. The van der Waals surface area contributed by atoms with Gasteiger partial charge in [-0.05, 0) is 31.5 Å². The molecular weight excluding hydrogens is 348 g/mol. The second-order valence-corrected chi connectivity index (χ2v) is 6.28. The third-order valence-electron chi connectivity index (χ3n) is 3.84. The number of carbonyl (C=O) groups is 1. The number of ether oxygens (including phenoxy) is 1.